The van der Waals surface area contributed by atoms with Gasteiger partial charge in [0.2, 0.25) is 0 Å². The van der Waals surface area contributed by atoms with Crippen LogP contribution in [-0.4, -0.2) is 37.3 Å². The quantitative estimate of drug-likeness (QED) is 0.799. The zero-order chi connectivity index (χ0) is 21.1. The molecule has 0 aromatic heterocycles. The van der Waals surface area contributed by atoms with Crippen molar-refractivity contribution in [1.82, 2.24) is 4.90 Å². The Balaban J connectivity index is 1.82. The summed E-state index contributed by atoms with van der Waals surface area (Å²) in [6, 6.07) is 9.54. The number of amides is 1. The average Bonchev–Trinajstić information content (AvgIpc) is 2.98. The van der Waals surface area contributed by atoms with Crippen LogP contribution in [0.5, 0.6) is 5.75 Å². The lowest BCUT2D eigenvalue weighted by Gasteiger charge is -2.45. The third kappa shape index (κ3) is 3.22. The van der Waals surface area contributed by atoms with E-state index >= 15 is 0 Å². The molecule has 0 saturated carbocycles. The van der Waals surface area contributed by atoms with E-state index in [9.17, 15) is 27.3 Å². The number of hydrogen-bond acceptors (Lipinski definition) is 4. The summed E-state index contributed by atoms with van der Waals surface area (Å²) in [4.78, 5) is 13.9. The molecule has 2 heterocycles. The summed E-state index contributed by atoms with van der Waals surface area (Å²) in [5.74, 6) is -0.0763. The van der Waals surface area contributed by atoms with Crippen molar-refractivity contribution in [2.75, 3.05) is 0 Å². The number of hydrogen-bond donors (Lipinski definition) is 1. The fraction of sp³-hybridized carbons (Fsp3) is 0.350. The predicted molar refractivity (Wildman–Crippen MR) is 98.7 cm³/mol. The Morgan fingerprint density at radius 1 is 1.21 bits per heavy atom. The Bertz CT molecular complexity index is 1020. The van der Waals surface area contributed by atoms with Gasteiger partial charge in [-0.05, 0) is 43.7 Å². The summed E-state index contributed by atoms with van der Waals surface area (Å²) in [5.41, 5.74) is -4.55. The van der Waals surface area contributed by atoms with Crippen LogP contribution in [-0.2, 0) is 17.3 Å². The van der Waals surface area contributed by atoms with Crippen LogP contribution in [0, 0.1) is 0 Å². The van der Waals surface area contributed by atoms with E-state index in [0.29, 0.717) is 5.56 Å². The second-order valence-corrected chi connectivity index (χ2v) is 9.07. The number of rotatable bonds is 2. The van der Waals surface area contributed by atoms with Crippen molar-refractivity contribution < 1.29 is 32.0 Å². The van der Waals surface area contributed by atoms with Gasteiger partial charge in [0.1, 0.15) is 17.5 Å². The van der Waals surface area contributed by atoms with E-state index in [2.05, 4.69) is 0 Å². The molecule has 0 fully saturated rings. The molecule has 4 rings (SSSR count). The molecule has 9 heteroatoms. The molecule has 0 spiro atoms. The van der Waals surface area contributed by atoms with Gasteiger partial charge < -0.3 is 14.7 Å². The van der Waals surface area contributed by atoms with Crippen LogP contribution in [0.4, 0.5) is 13.2 Å². The van der Waals surface area contributed by atoms with Crippen molar-refractivity contribution in [3.63, 3.8) is 0 Å². The first-order chi connectivity index (χ1) is 13.5. The van der Waals surface area contributed by atoms with Gasteiger partial charge in [-0.2, -0.15) is 13.2 Å². The maximum Gasteiger partial charge on any atom is 0.475 e. The first kappa shape index (κ1) is 19.9. The van der Waals surface area contributed by atoms with Gasteiger partial charge in [0, 0.05) is 22.6 Å². The molecule has 0 saturated heterocycles. The summed E-state index contributed by atoms with van der Waals surface area (Å²) >= 11 is 0. The van der Waals surface area contributed by atoms with Crippen LogP contribution in [0.3, 0.4) is 0 Å². The van der Waals surface area contributed by atoms with Crippen LogP contribution in [0.2, 0.25) is 0 Å². The van der Waals surface area contributed by atoms with E-state index in [0.717, 1.165) is 17.7 Å². The predicted octanol–water partition coefficient (Wildman–Crippen LogP) is 3.54. The zero-order valence-corrected chi connectivity index (χ0v) is 16.4. The number of carbonyl (C=O) groups is 1. The minimum Gasteiger partial charge on any atom is -0.485 e. The van der Waals surface area contributed by atoms with Crippen LogP contribution >= 0.6 is 0 Å². The maximum atomic E-state index is 13.0. The summed E-state index contributed by atoms with van der Waals surface area (Å²) < 4.78 is 56.5. The van der Waals surface area contributed by atoms with Gasteiger partial charge in [-0.1, -0.05) is 18.2 Å². The van der Waals surface area contributed by atoms with E-state index in [4.69, 9.17) is 4.74 Å². The minimum absolute atomic E-state index is 0.202. The Hall–Kier alpha value is -2.39. The van der Waals surface area contributed by atoms with E-state index in [1.807, 2.05) is 0 Å². The molecule has 2 aliphatic rings. The van der Waals surface area contributed by atoms with Gasteiger partial charge in [0.25, 0.3) is 5.91 Å². The number of alkyl halides is 3. The Kier molecular flexibility index (Phi) is 4.51. The van der Waals surface area contributed by atoms with Crippen molar-refractivity contribution >= 4 is 16.7 Å². The molecule has 0 radical (unpaired) electrons. The first-order valence-corrected chi connectivity index (χ1v) is 10.0. The second-order valence-electron chi connectivity index (χ2n) is 7.60. The van der Waals surface area contributed by atoms with Crippen LogP contribution < -0.4 is 4.74 Å². The Morgan fingerprint density at radius 3 is 2.55 bits per heavy atom. The van der Waals surface area contributed by atoms with Gasteiger partial charge in [-0.15, -0.1) is 0 Å². The highest BCUT2D eigenvalue weighted by molar-refractivity contribution is 7.86. The topological polar surface area (TPSA) is 66.8 Å². The molecular weight excluding hydrogens is 407 g/mol. The van der Waals surface area contributed by atoms with Gasteiger partial charge in [0.05, 0.1) is 6.04 Å². The lowest BCUT2D eigenvalue weighted by Crippen LogP contribution is -2.53. The second kappa shape index (κ2) is 6.56. The van der Waals surface area contributed by atoms with E-state index < -0.39 is 39.0 Å². The molecule has 154 valence electrons. The molecule has 0 bridgehead atoms. The molecular formula is C20H18F3NO4S. The fourth-order valence-electron chi connectivity index (χ4n) is 3.83. The standard InChI is InChI=1S/C20H18F3NO4S/c1-19(2)17(25)16(24-10-11-5-3-4-6-13(11)18(24)26)14-9-12(7-8-15(14)28-19)29(27)20(21,22)23/h3-9,16-17,25H,10H2,1-2H3/t16-,17+,29?/m0/s1. The molecule has 2 aromatic carbocycles. The largest absolute Gasteiger partial charge is 0.485 e. The minimum atomic E-state index is -4.92. The number of ether oxygens (including phenoxy) is 1. The molecule has 0 aliphatic carbocycles. The molecule has 29 heavy (non-hydrogen) atoms. The van der Waals surface area contributed by atoms with Crippen molar-refractivity contribution in [1.29, 1.82) is 0 Å². The van der Waals surface area contributed by atoms with E-state index in [1.165, 1.54) is 11.0 Å². The number of carbonyl (C=O) groups excluding carboxylic acids is 1. The number of benzene rings is 2. The summed E-state index contributed by atoms with van der Waals surface area (Å²) in [6.45, 7) is 3.49. The normalized spacial score (nSPS) is 23.9. The third-order valence-electron chi connectivity index (χ3n) is 5.29. The van der Waals surface area contributed by atoms with Crippen LogP contribution in [0.15, 0.2) is 47.4 Å². The zero-order valence-electron chi connectivity index (χ0n) is 15.6. The Labute approximate surface area is 167 Å². The maximum absolute atomic E-state index is 13.0. The molecule has 2 aromatic rings. The van der Waals surface area contributed by atoms with Crippen molar-refractivity contribution in [2.45, 2.75) is 48.5 Å². The molecule has 3 atom stereocenters. The summed E-state index contributed by atoms with van der Waals surface area (Å²) in [5, 5.41) is 11.0. The number of halogens is 3. The molecule has 1 unspecified atom stereocenters. The van der Waals surface area contributed by atoms with E-state index in [-0.39, 0.29) is 23.8 Å². The highest BCUT2D eigenvalue weighted by Crippen LogP contribution is 2.46. The summed E-state index contributed by atoms with van der Waals surface area (Å²) in [6.07, 6.45) is -1.21. The third-order valence-corrected chi connectivity index (χ3v) is 6.40. The SMILES string of the molecule is CC1(C)Oc2ccc(S(=O)C(F)(F)F)cc2[C@H](N2Cc3ccccc3C2=O)[C@H]1O. The Morgan fingerprint density at radius 2 is 1.90 bits per heavy atom. The van der Waals surface area contributed by atoms with Gasteiger partial charge in [-0.25, -0.2) is 4.21 Å². The number of aliphatic hydroxyl groups excluding tert-OH is 1. The molecule has 5 nitrogen and oxygen atoms in total. The van der Waals surface area contributed by atoms with Crippen molar-refractivity contribution in [2.24, 2.45) is 0 Å². The van der Waals surface area contributed by atoms with Crippen molar-refractivity contribution in [3.8, 4) is 5.75 Å². The van der Waals surface area contributed by atoms with Gasteiger partial charge in [0.15, 0.2) is 10.8 Å². The highest BCUT2D eigenvalue weighted by atomic mass is 32.2. The number of aliphatic hydroxyl groups is 1. The molecule has 2 aliphatic heterocycles. The number of nitrogens with zero attached hydrogens (tertiary/aromatic N) is 1. The van der Waals surface area contributed by atoms with Gasteiger partial charge in [-0.3, -0.25) is 4.79 Å². The lowest BCUT2D eigenvalue weighted by molar-refractivity contribution is -0.0869. The van der Waals surface area contributed by atoms with Crippen molar-refractivity contribution in [3.05, 3.63) is 59.2 Å². The highest BCUT2D eigenvalue weighted by Gasteiger charge is 2.49. The van der Waals surface area contributed by atoms with Crippen LogP contribution in [0.25, 0.3) is 0 Å². The van der Waals surface area contributed by atoms with Gasteiger partial charge >= 0.3 is 5.51 Å². The smallest absolute Gasteiger partial charge is 0.475 e. The molecule has 1 amide bonds. The van der Waals surface area contributed by atoms with E-state index in [1.54, 1.807) is 38.1 Å². The fourth-order valence-corrected chi connectivity index (χ4v) is 4.53. The molecule has 1 N–H and O–H groups in total. The summed E-state index contributed by atoms with van der Waals surface area (Å²) in [7, 11) is -3.23. The first-order valence-electron chi connectivity index (χ1n) is 8.89. The average molecular weight is 425 g/mol. The van der Waals surface area contributed by atoms with Crippen LogP contribution in [0.1, 0.15) is 41.4 Å². The number of fused-ring (bicyclic) bond motifs is 2. The lowest BCUT2D eigenvalue weighted by atomic mass is 9.85. The monoisotopic (exact) mass is 425 g/mol.